The minimum Gasteiger partial charge on any atom is -0.478 e. The Balaban J connectivity index is 1.86. The van der Waals surface area contributed by atoms with Crippen LogP contribution in [0.5, 0.6) is 0 Å². The van der Waals surface area contributed by atoms with Crippen molar-refractivity contribution in [2.24, 2.45) is 0 Å². The Bertz CT molecular complexity index is 2100. The number of fused-ring (bicyclic) bond motifs is 1. The Morgan fingerprint density at radius 3 is 1.30 bits per heavy atom. The number of esters is 1. The van der Waals surface area contributed by atoms with Crippen LogP contribution in [0.3, 0.4) is 0 Å². The van der Waals surface area contributed by atoms with E-state index in [1.807, 2.05) is 12.1 Å². The number of aromatic carboxylic acids is 1. The minimum atomic E-state index is -1.30. The van der Waals surface area contributed by atoms with Gasteiger partial charge in [-0.2, -0.15) is 0 Å². The molecule has 0 spiro atoms. The van der Waals surface area contributed by atoms with Gasteiger partial charge in [0, 0.05) is 33.4 Å². The van der Waals surface area contributed by atoms with Crippen LogP contribution in [0.25, 0.3) is 33.0 Å². The van der Waals surface area contributed by atoms with Crippen molar-refractivity contribution < 1.29 is 29.0 Å². The fourth-order valence-electron chi connectivity index (χ4n) is 5.83. The van der Waals surface area contributed by atoms with Crippen LogP contribution in [0.15, 0.2) is 133 Å². The molecule has 6 aromatic carbocycles. The normalized spacial score (nSPS) is 10.8. The maximum absolute atomic E-state index is 14.4. The fraction of sp³-hybridized carbons (Fsp3) is 0.0500. The van der Waals surface area contributed by atoms with Crippen LogP contribution in [0.1, 0.15) is 59.5 Å². The van der Waals surface area contributed by atoms with Crippen molar-refractivity contribution >= 4 is 34.3 Å². The third kappa shape index (κ3) is 5.48. The first kappa shape index (κ1) is 29.9. The van der Waals surface area contributed by atoms with E-state index in [-0.39, 0.29) is 28.9 Å². The second kappa shape index (κ2) is 12.8. The van der Waals surface area contributed by atoms with Gasteiger partial charge in [0.25, 0.3) is 0 Å². The first-order valence-electron chi connectivity index (χ1n) is 14.8. The van der Waals surface area contributed by atoms with Gasteiger partial charge in [-0.05, 0) is 41.0 Å². The summed E-state index contributed by atoms with van der Waals surface area (Å²) in [5.41, 5.74) is 2.39. The average molecular weight is 605 g/mol. The van der Waals surface area contributed by atoms with Crippen LogP contribution < -0.4 is 0 Å². The number of carbonyl (C=O) groups is 4. The molecule has 6 nitrogen and oxygen atoms in total. The molecule has 6 rings (SSSR count). The second-order valence-electron chi connectivity index (χ2n) is 10.6. The Kier molecular flexibility index (Phi) is 8.35. The summed E-state index contributed by atoms with van der Waals surface area (Å²) < 4.78 is 5.50. The number of carboxylic acid groups (broad SMARTS) is 1. The van der Waals surface area contributed by atoms with E-state index in [9.17, 15) is 24.3 Å². The van der Waals surface area contributed by atoms with Gasteiger partial charge in [0.05, 0.1) is 17.7 Å². The molecular formula is C40H28O6. The van der Waals surface area contributed by atoms with E-state index in [1.165, 1.54) is 6.07 Å². The van der Waals surface area contributed by atoms with Crippen LogP contribution in [-0.4, -0.2) is 35.2 Å². The van der Waals surface area contributed by atoms with Gasteiger partial charge in [-0.15, -0.1) is 0 Å². The van der Waals surface area contributed by atoms with E-state index in [0.29, 0.717) is 44.2 Å². The maximum Gasteiger partial charge on any atom is 0.338 e. The van der Waals surface area contributed by atoms with E-state index < -0.39 is 23.5 Å². The second-order valence-corrected chi connectivity index (χ2v) is 10.6. The zero-order valence-corrected chi connectivity index (χ0v) is 24.9. The highest BCUT2D eigenvalue weighted by Gasteiger charge is 2.31. The third-order valence-electron chi connectivity index (χ3n) is 7.82. The van der Waals surface area contributed by atoms with Crippen molar-refractivity contribution in [2.45, 2.75) is 6.92 Å². The van der Waals surface area contributed by atoms with E-state index in [0.717, 1.165) is 0 Å². The van der Waals surface area contributed by atoms with Gasteiger partial charge in [0.1, 0.15) is 0 Å². The van der Waals surface area contributed by atoms with Crippen LogP contribution in [0.2, 0.25) is 0 Å². The summed E-state index contributed by atoms with van der Waals surface area (Å²) in [6.07, 6.45) is 0. The number of ether oxygens (including phenoxy) is 1. The Morgan fingerprint density at radius 2 is 0.913 bits per heavy atom. The molecule has 0 saturated heterocycles. The Hall–Kier alpha value is -6.14. The average Bonchev–Trinajstić information content (AvgIpc) is 3.10. The number of carboxylic acids is 1. The highest BCUT2D eigenvalue weighted by Crippen LogP contribution is 2.43. The largest absolute Gasteiger partial charge is 0.478 e. The summed E-state index contributed by atoms with van der Waals surface area (Å²) in [4.78, 5) is 55.4. The number of carbonyl (C=O) groups excluding carboxylic acids is 3. The molecular weight excluding hydrogens is 576 g/mol. The van der Waals surface area contributed by atoms with Crippen LogP contribution in [0.4, 0.5) is 0 Å². The highest BCUT2D eigenvalue weighted by atomic mass is 16.5. The molecule has 0 radical (unpaired) electrons. The molecule has 0 aliphatic rings. The predicted octanol–water partition coefficient (Wildman–Crippen LogP) is 8.51. The van der Waals surface area contributed by atoms with Crippen molar-refractivity contribution in [1.29, 1.82) is 0 Å². The minimum absolute atomic E-state index is 0.0143. The van der Waals surface area contributed by atoms with Crippen molar-refractivity contribution in [2.75, 3.05) is 6.61 Å². The lowest BCUT2D eigenvalue weighted by Gasteiger charge is -2.22. The molecule has 0 heterocycles. The summed E-state index contributed by atoms with van der Waals surface area (Å²) in [6, 6.07) is 38.1. The summed E-state index contributed by atoms with van der Waals surface area (Å²) in [6.45, 7) is 1.75. The van der Waals surface area contributed by atoms with Gasteiger partial charge < -0.3 is 9.84 Å². The van der Waals surface area contributed by atoms with Crippen LogP contribution >= 0.6 is 0 Å². The van der Waals surface area contributed by atoms with E-state index in [2.05, 4.69) is 0 Å². The van der Waals surface area contributed by atoms with E-state index in [1.54, 1.807) is 122 Å². The number of hydrogen-bond acceptors (Lipinski definition) is 5. The quantitative estimate of drug-likeness (QED) is 0.131. The molecule has 0 aliphatic heterocycles. The van der Waals surface area contributed by atoms with Crippen molar-refractivity contribution in [1.82, 2.24) is 0 Å². The zero-order chi connectivity index (χ0) is 32.2. The summed E-state index contributed by atoms with van der Waals surface area (Å²) in [7, 11) is 0. The van der Waals surface area contributed by atoms with Crippen molar-refractivity contribution in [3.63, 3.8) is 0 Å². The summed E-state index contributed by atoms with van der Waals surface area (Å²) in [5.74, 6) is -2.92. The topological polar surface area (TPSA) is 97.7 Å². The monoisotopic (exact) mass is 604 g/mol. The standard InChI is InChI=1S/C40H28O6/c1-2-46-40(45)32-24-30-29(34(26-17-9-4-10-18-26)36(32)38(42)28-21-13-6-14-22-28)23-31(39(43)44)35(33(30)25-15-7-3-8-16-25)37(41)27-19-11-5-12-20-27/h3-24H,2H2,1H3,(H,43,44). The first-order chi connectivity index (χ1) is 22.4. The molecule has 0 atom stereocenters. The fourth-order valence-corrected chi connectivity index (χ4v) is 5.83. The van der Waals surface area contributed by atoms with Crippen LogP contribution in [0, 0.1) is 0 Å². The third-order valence-corrected chi connectivity index (χ3v) is 7.82. The molecule has 6 aromatic rings. The van der Waals surface area contributed by atoms with Gasteiger partial charge in [-0.1, -0.05) is 121 Å². The molecule has 0 aliphatic carbocycles. The summed E-state index contributed by atoms with van der Waals surface area (Å²) >= 11 is 0. The number of hydrogen-bond donors (Lipinski definition) is 1. The SMILES string of the molecule is CCOC(=O)c1cc2c(-c3ccccc3)c(C(=O)c3ccccc3)c(C(=O)O)cc2c(-c2ccccc2)c1C(=O)c1ccccc1. The van der Waals surface area contributed by atoms with Gasteiger partial charge in [0.2, 0.25) is 0 Å². The van der Waals surface area contributed by atoms with Gasteiger partial charge >= 0.3 is 11.9 Å². The molecule has 0 fully saturated rings. The molecule has 6 heteroatoms. The highest BCUT2D eigenvalue weighted by molar-refractivity contribution is 6.27. The van der Waals surface area contributed by atoms with Crippen molar-refractivity contribution in [3.05, 3.63) is 167 Å². The van der Waals surface area contributed by atoms with Gasteiger partial charge in [-0.25, -0.2) is 9.59 Å². The Labute approximate surface area is 265 Å². The molecule has 224 valence electrons. The lowest BCUT2D eigenvalue weighted by Crippen LogP contribution is -2.17. The molecule has 0 saturated carbocycles. The van der Waals surface area contributed by atoms with Gasteiger partial charge in [0.15, 0.2) is 11.6 Å². The molecule has 46 heavy (non-hydrogen) atoms. The van der Waals surface area contributed by atoms with Gasteiger partial charge in [-0.3, -0.25) is 9.59 Å². The zero-order valence-electron chi connectivity index (χ0n) is 24.9. The summed E-state index contributed by atoms with van der Waals surface area (Å²) in [5, 5.41) is 11.5. The number of ketones is 2. The molecule has 0 amide bonds. The molecule has 0 aromatic heterocycles. The van der Waals surface area contributed by atoms with Crippen molar-refractivity contribution in [3.8, 4) is 22.3 Å². The van der Waals surface area contributed by atoms with E-state index in [4.69, 9.17) is 4.74 Å². The lowest BCUT2D eigenvalue weighted by atomic mass is 9.80. The predicted molar refractivity (Wildman–Crippen MR) is 177 cm³/mol. The first-order valence-corrected chi connectivity index (χ1v) is 14.8. The number of benzene rings is 6. The molecule has 0 unspecified atom stereocenters. The smallest absolute Gasteiger partial charge is 0.338 e. The number of rotatable bonds is 9. The van der Waals surface area contributed by atoms with Crippen LogP contribution in [-0.2, 0) is 4.74 Å². The molecule has 0 bridgehead atoms. The lowest BCUT2D eigenvalue weighted by molar-refractivity contribution is 0.0523. The van der Waals surface area contributed by atoms with E-state index >= 15 is 0 Å². The maximum atomic E-state index is 14.4. The molecule has 1 N–H and O–H groups in total. The Morgan fingerprint density at radius 1 is 0.543 bits per heavy atom.